The summed E-state index contributed by atoms with van der Waals surface area (Å²) >= 11 is 0. The van der Waals surface area contributed by atoms with Crippen LogP contribution in [0, 0.1) is 18.8 Å². The van der Waals surface area contributed by atoms with Crippen LogP contribution in [-0.4, -0.2) is 22.6 Å². The van der Waals surface area contributed by atoms with E-state index in [1.807, 2.05) is 0 Å². The number of hydrogen-bond donors (Lipinski definition) is 1. The monoisotopic (exact) mass is 271 g/mol. The van der Waals surface area contributed by atoms with Crippen LogP contribution in [0.4, 0.5) is 0 Å². The van der Waals surface area contributed by atoms with Crippen molar-refractivity contribution < 1.29 is 0 Å². The minimum absolute atomic E-state index is 0.693. The lowest BCUT2D eigenvalue weighted by Gasteiger charge is -2.28. The molecule has 2 unspecified atom stereocenters. The Hall–Kier alpha value is -1.35. The molecule has 3 nitrogen and oxygen atoms in total. The standard InChI is InChI=1S/C17H25N3/c1-12-6-4-8-15-17(12)20(3)16(19-15)10-13(2)14-7-5-9-18-11-14/h4,6,8,13-14,18H,5,7,9-11H2,1-3H3. The summed E-state index contributed by atoms with van der Waals surface area (Å²) in [6.45, 7) is 6.91. The van der Waals surface area contributed by atoms with Crippen LogP contribution in [0.3, 0.4) is 0 Å². The Labute approximate surface area is 121 Å². The SMILES string of the molecule is Cc1cccc2nc(CC(C)C3CCCNC3)n(C)c12. The average Bonchev–Trinajstić information content (AvgIpc) is 2.78. The van der Waals surface area contributed by atoms with Crippen molar-refractivity contribution in [1.29, 1.82) is 0 Å². The van der Waals surface area contributed by atoms with Crippen molar-refractivity contribution in [1.82, 2.24) is 14.9 Å². The van der Waals surface area contributed by atoms with Gasteiger partial charge < -0.3 is 9.88 Å². The van der Waals surface area contributed by atoms with E-state index in [1.54, 1.807) is 0 Å². The highest BCUT2D eigenvalue weighted by atomic mass is 15.1. The van der Waals surface area contributed by atoms with Crippen molar-refractivity contribution in [2.45, 2.75) is 33.1 Å². The first-order chi connectivity index (χ1) is 9.66. The molecule has 1 aliphatic heterocycles. The quantitative estimate of drug-likeness (QED) is 0.930. The Bertz CT molecular complexity index is 594. The third kappa shape index (κ3) is 2.47. The molecule has 0 amide bonds. The molecule has 0 bridgehead atoms. The third-order valence-electron chi connectivity index (χ3n) is 4.83. The lowest BCUT2D eigenvalue weighted by atomic mass is 9.85. The van der Waals surface area contributed by atoms with Gasteiger partial charge in [-0.1, -0.05) is 19.1 Å². The molecule has 1 fully saturated rings. The Kier molecular flexibility index (Phi) is 3.79. The van der Waals surface area contributed by atoms with Gasteiger partial charge in [0.15, 0.2) is 0 Å². The van der Waals surface area contributed by atoms with Gasteiger partial charge >= 0.3 is 0 Å². The highest BCUT2D eigenvalue weighted by molar-refractivity contribution is 5.79. The summed E-state index contributed by atoms with van der Waals surface area (Å²) in [5, 5.41) is 3.52. The number of piperidine rings is 1. The fourth-order valence-corrected chi connectivity index (χ4v) is 3.51. The molecule has 20 heavy (non-hydrogen) atoms. The molecule has 3 rings (SSSR count). The van der Waals surface area contributed by atoms with E-state index in [0.717, 1.165) is 17.9 Å². The van der Waals surface area contributed by atoms with Gasteiger partial charge in [-0.15, -0.1) is 0 Å². The van der Waals surface area contributed by atoms with Gasteiger partial charge in [0.2, 0.25) is 0 Å². The van der Waals surface area contributed by atoms with Gasteiger partial charge in [0.05, 0.1) is 11.0 Å². The number of imidazole rings is 1. The van der Waals surface area contributed by atoms with Crippen LogP contribution >= 0.6 is 0 Å². The zero-order chi connectivity index (χ0) is 14.1. The normalized spacial score (nSPS) is 21.2. The minimum atomic E-state index is 0.693. The number of aromatic nitrogens is 2. The van der Waals surface area contributed by atoms with Crippen molar-refractivity contribution in [3.8, 4) is 0 Å². The second-order valence-electron chi connectivity index (χ2n) is 6.32. The Morgan fingerprint density at radius 1 is 1.45 bits per heavy atom. The van der Waals surface area contributed by atoms with E-state index in [0.29, 0.717) is 5.92 Å². The molecular weight excluding hydrogens is 246 g/mol. The van der Waals surface area contributed by atoms with Crippen molar-refractivity contribution in [3.63, 3.8) is 0 Å². The number of hydrogen-bond acceptors (Lipinski definition) is 2. The molecule has 0 radical (unpaired) electrons. The maximum absolute atomic E-state index is 4.85. The molecule has 0 spiro atoms. The summed E-state index contributed by atoms with van der Waals surface area (Å²) in [5.74, 6) is 2.72. The van der Waals surface area contributed by atoms with Gasteiger partial charge in [0.1, 0.15) is 5.82 Å². The van der Waals surface area contributed by atoms with Crippen LogP contribution in [0.15, 0.2) is 18.2 Å². The van der Waals surface area contributed by atoms with Gasteiger partial charge in [-0.05, 0) is 56.3 Å². The van der Waals surface area contributed by atoms with Gasteiger partial charge in [0, 0.05) is 13.5 Å². The lowest BCUT2D eigenvalue weighted by Crippen LogP contribution is -2.34. The summed E-state index contributed by atoms with van der Waals surface area (Å²) in [5.41, 5.74) is 3.74. The fraction of sp³-hybridized carbons (Fsp3) is 0.588. The van der Waals surface area contributed by atoms with Crippen LogP contribution in [0.2, 0.25) is 0 Å². The molecule has 2 heterocycles. The molecular formula is C17H25N3. The van der Waals surface area contributed by atoms with Crippen LogP contribution < -0.4 is 5.32 Å². The Morgan fingerprint density at radius 3 is 3.00 bits per heavy atom. The van der Waals surface area contributed by atoms with Crippen molar-refractivity contribution in [3.05, 3.63) is 29.6 Å². The molecule has 1 aromatic heterocycles. The van der Waals surface area contributed by atoms with Crippen LogP contribution in [0.5, 0.6) is 0 Å². The molecule has 1 aliphatic rings. The number of nitrogens with zero attached hydrogens (tertiary/aromatic N) is 2. The van der Waals surface area contributed by atoms with Crippen molar-refractivity contribution in [2.24, 2.45) is 18.9 Å². The molecule has 1 N–H and O–H groups in total. The van der Waals surface area contributed by atoms with E-state index in [-0.39, 0.29) is 0 Å². The largest absolute Gasteiger partial charge is 0.331 e. The topological polar surface area (TPSA) is 29.9 Å². The molecule has 0 saturated carbocycles. The number of aryl methyl sites for hydroxylation is 2. The second-order valence-corrected chi connectivity index (χ2v) is 6.32. The van der Waals surface area contributed by atoms with E-state index in [2.05, 4.69) is 49.0 Å². The van der Waals surface area contributed by atoms with Crippen molar-refractivity contribution in [2.75, 3.05) is 13.1 Å². The first kappa shape index (κ1) is 13.6. The number of benzene rings is 1. The number of fused-ring (bicyclic) bond motifs is 1. The molecule has 0 aliphatic carbocycles. The fourth-order valence-electron chi connectivity index (χ4n) is 3.51. The van der Waals surface area contributed by atoms with E-state index < -0.39 is 0 Å². The Balaban J connectivity index is 1.83. The zero-order valence-electron chi connectivity index (χ0n) is 12.8. The maximum Gasteiger partial charge on any atom is 0.109 e. The average molecular weight is 271 g/mol. The molecule has 1 aromatic carbocycles. The third-order valence-corrected chi connectivity index (χ3v) is 4.83. The van der Waals surface area contributed by atoms with Gasteiger partial charge in [-0.2, -0.15) is 0 Å². The predicted molar refractivity (Wildman–Crippen MR) is 83.9 cm³/mol. The predicted octanol–water partition coefficient (Wildman–Crippen LogP) is 3.06. The van der Waals surface area contributed by atoms with Gasteiger partial charge in [0.25, 0.3) is 0 Å². The van der Waals surface area contributed by atoms with Crippen LogP contribution in [0.1, 0.15) is 31.2 Å². The highest BCUT2D eigenvalue weighted by Crippen LogP contribution is 2.25. The van der Waals surface area contributed by atoms with Crippen LogP contribution in [-0.2, 0) is 13.5 Å². The summed E-state index contributed by atoms with van der Waals surface area (Å²) in [7, 11) is 2.16. The molecule has 1 saturated heterocycles. The first-order valence-corrected chi connectivity index (χ1v) is 7.78. The second kappa shape index (κ2) is 5.57. The van der Waals surface area contributed by atoms with E-state index in [1.165, 1.54) is 42.8 Å². The summed E-state index contributed by atoms with van der Waals surface area (Å²) in [6, 6.07) is 6.39. The van der Waals surface area contributed by atoms with E-state index >= 15 is 0 Å². The smallest absolute Gasteiger partial charge is 0.109 e. The molecule has 2 aromatic rings. The van der Waals surface area contributed by atoms with Crippen LogP contribution in [0.25, 0.3) is 11.0 Å². The lowest BCUT2D eigenvalue weighted by molar-refractivity contribution is 0.275. The number of rotatable bonds is 3. The minimum Gasteiger partial charge on any atom is -0.331 e. The van der Waals surface area contributed by atoms with E-state index in [9.17, 15) is 0 Å². The summed E-state index contributed by atoms with van der Waals surface area (Å²) in [4.78, 5) is 4.85. The summed E-state index contributed by atoms with van der Waals surface area (Å²) < 4.78 is 2.29. The Morgan fingerprint density at radius 2 is 2.30 bits per heavy atom. The van der Waals surface area contributed by atoms with Crippen molar-refractivity contribution >= 4 is 11.0 Å². The van der Waals surface area contributed by atoms with E-state index in [4.69, 9.17) is 4.98 Å². The van der Waals surface area contributed by atoms with Gasteiger partial charge in [-0.3, -0.25) is 0 Å². The molecule has 2 atom stereocenters. The number of nitrogens with one attached hydrogen (secondary N) is 1. The zero-order valence-corrected chi connectivity index (χ0v) is 12.8. The molecule has 108 valence electrons. The number of para-hydroxylation sites is 1. The molecule has 3 heteroatoms. The highest BCUT2D eigenvalue weighted by Gasteiger charge is 2.22. The van der Waals surface area contributed by atoms with Gasteiger partial charge in [-0.25, -0.2) is 4.98 Å². The summed E-state index contributed by atoms with van der Waals surface area (Å²) in [6.07, 6.45) is 3.75. The first-order valence-electron chi connectivity index (χ1n) is 7.78. The maximum atomic E-state index is 4.85.